The number of rotatable bonds is 0. The number of carbonyl (C=O) groups excluding carboxylic acids is 1. The highest BCUT2D eigenvalue weighted by atomic mass is 16.1. The van der Waals surface area contributed by atoms with E-state index in [9.17, 15) is 4.79 Å². The summed E-state index contributed by atoms with van der Waals surface area (Å²) in [5.74, 6) is 0.256. The van der Waals surface area contributed by atoms with E-state index >= 15 is 0 Å². The third-order valence-electron chi connectivity index (χ3n) is 3.24. The van der Waals surface area contributed by atoms with E-state index in [2.05, 4.69) is 19.9 Å². The van der Waals surface area contributed by atoms with E-state index in [0.717, 1.165) is 18.4 Å². The molecule has 1 atom stereocenters. The third-order valence-corrected chi connectivity index (χ3v) is 3.24. The molecule has 0 bridgehead atoms. The molecule has 0 aromatic rings. The second-order valence-corrected chi connectivity index (χ2v) is 4.60. The molecule has 0 radical (unpaired) electrons. The lowest BCUT2D eigenvalue weighted by Crippen LogP contribution is -2.30. The van der Waals surface area contributed by atoms with E-state index in [1.165, 1.54) is 18.4 Å². The van der Waals surface area contributed by atoms with Crippen molar-refractivity contribution in [1.82, 2.24) is 0 Å². The summed E-state index contributed by atoms with van der Waals surface area (Å²) in [7, 11) is 0. The molecule has 0 spiro atoms. The minimum Gasteiger partial charge on any atom is -0.290 e. The van der Waals surface area contributed by atoms with Gasteiger partial charge < -0.3 is 0 Å². The van der Waals surface area contributed by atoms with Crippen LogP contribution >= 0.6 is 0 Å². The summed E-state index contributed by atoms with van der Waals surface area (Å²) in [6.07, 6.45) is 8.53. The van der Waals surface area contributed by atoms with Gasteiger partial charge in [-0.15, -0.1) is 0 Å². The monoisotopic (exact) mass is 176 g/mol. The molecule has 0 amide bonds. The molecule has 1 nitrogen and oxygen atoms in total. The Morgan fingerprint density at radius 2 is 2.23 bits per heavy atom. The molecule has 1 heteroatoms. The molecule has 0 aromatic heterocycles. The van der Waals surface area contributed by atoms with Gasteiger partial charge in [0.05, 0.1) is 0 Å². The molecular weight excluding hydrogens is 160 g/mol. The van der Waals surface area contributed by atoms with Gasteiger partial charge in [0.2, 0.25) is 0 Å². The van der Waals surface area contributed by atoms with E-state index in [0.29, 0.717) is 0 Å². The maximum Gasteiger partial charge on any atom is 0.182 e. The van der Waals surface area contributed by atoms with Gasteiger partial charge in [-0.05, 0) is 44.1 Å². The second kappa shape index (κ2) is 2.83. The molecule has 0 heterocycles. The molecule has 1 unspecified atom stereocenters. The fourth-order valence-corrected chi connectivity index (χ4v) is 2.67. The molecule has 2 rings (SSSR count). The molecule has 13 heavy (non-hydrogen) atoms. The van der Waals surface area contributed by atoms with Gasteiger partial charge in [-0.25, -0.2) is 0 Å². The Labute approximate surface area is 79.5 Å². The quantitative estimate of drug-likeness (QED) is 0.554. The molecule has 0 aromatic carbocycles. The van der Waals surface area contributed by atoms with Crippen LogP contribution in [0.15, 0.2) is 23.3 Å². The van der Waals surface area contributed by atoms with Crippen molar-refractivity contribution in [1.29, 1.82) is 0 Å². The highest BCUT2D eigenvalue weighted by Gasteiger charge is 2.36. The smallest absolute Gasteiger partial charge is 0.182 e. The first-order valence-corrected chi connectivity index (χ1v) is 5.04. The first-order valence-electron chi connectivity index (χ1n) is 5.04. The van der Waals surface area contributed by atoms with Gasteiger partial charge in [-0.3, -0.25) is 4.79 Å². The average Bonchev–Trinajstić information content (AvgIpc) is 2.01. The molecule has 0 N–H and O–H groups in total. The van der Waals surface area contributed by atoms with Crippen LogP contribution in [0.3, 0.4) is 0 Å². The Kier molecular flexibility index (Phi) is 1.90. The van der Waals surface area contributed by atoms with Gasteiger partial charge in [-0.1, -0.05) is 18.6 Å². The number of allylic oxidation sites excluding steroid dienone is 4. The zero-order valence-corrected chi connectivity index (χ0v) is 8.39. The predicted molar refractivity (Wildman–Crippen MR) is 53.4 cm³/mol. The van der Waals surface area contributed by atoms with Crippen LogP contribution in [0.5, 0.6) is 0 Å². The fourth-order valence-electron chi connectivity index (χ4n) is 2.67. The normalized spacial score (nSPS) is 33.5. The van der Waals surface area contributed by atoms with Crippen molar-refractivity contribution in [3.63, 3.8) is 0 Å². The summed E-state index contributed by atoms with van der Waals surface area (Å²) < 4.78 is 0. The maximum atomic E-state index is 11.7. The van der Waals surface area contributed by atoms with Crippen molar-refractivity contribution >= 4 is 5.78 Å². The van der Waals surface area contributed by atoms with Gasteiger partial charge >= 0.3 is 0 Å². The first-order chi connectivity index (χ1) is 6.12. The zero-order chi connectivity index (χ0) is 9.47. The van der Waals surface area contributed by atoms with Crippen molar-refractivity contribution in [2.45, 2.75) is 39.5 Å². The summed E-state index contributed by atoms with van der Waals surface area (Å²) >= 11 is 0. The SMILES string of the molecule is CC1=CC(=O)C2=CCCCC2(C)C1. The lowest BCUT2D eigenvalue weighted by molar-refractivity contribution is -0.113. The van der Waals surface area contributed by atoms with Crippen molar-refractivity contribution in [3.05, 3.63) is 23.3 Å². The number of fused-ring (bicyclic) bond motifs is 1. The van der Waals surface area contributed by atoms with Gasteiger partial charge in [0.1, 0.15) is 0 Å². The minimum absolute atomic E-state index is 0.161. The van der Waals surface area contributed by atoms with Crippen molar-refractivity contribution in [2.75, 3.05) is 0 Å². The predicted octanol–water partition coefficient (Wildman–Crippen LogP) is 3.02. The second-order valence-electron chi connectivity index (χ2n) is 4.60. The molecule has 0 fully saturated rings. The van der Waals surface area contributed by atoms with Crippen LogP contribution in [-0.4, -0.2) is 5.78 Å². The Morgan fingerprint density at radius 1 is 1.46 bits per heavy atom. The Hall–Kier alpha value is -0.850. The molecule has 2 aliphatic rings. The number of hydrogen-bond acceptors (Lipinski definition) is 1. The minimum atomic E-state index is 0.161. The van der Waals surface area contributed by atoms with Gasteiger partial charge in [0, 0.05) is 5.57 Å². The van der Waals surface area contributed by atoms with Crippen LogP contribution in [-0.2, 0) is 4.79 Å². The Morgan fingerprint density at radius 3 is 3.00 bits per heavy atom. The summed E-state index contributed by atoms with van der Waals surface area (Å²) in [6.45, 7) is 4.29. The van der Waals surface area contributed by atoms with E-state index in [1.54, 1.807) is 6.08 Å². The van der Waals surface area contributed by atoms with Crippen molar-refractivity contribution < 1.29 is 4.79 Å². The zero-order valence-electron chi connectivity index (χ0n) is 8.39. The maximum absolute atomic E-state index is 11.7. The fraction of sp³-hybridized carbons (Fsp3) is 0.583. The topological polar surface area (TPSA) is 17.1 Å². The largest absolute Gasteiger partial charge is 0.290 e. The van der Waals surface area contributed by atoms with Crippen LogP contribution in [0, 0.1) is 5.41 Å². The molecule has 2 aliphatic carbocycles. The van der Waals surface area contributed by atoms with Crippen LogP contribution in [0.1, 0.15) is 39.5 Å². The van der Waals surface area contributed by atoms with E-state index in [4.69, 9.17) is 0 Å². The Balaban J connectivity index is 2.44. The third kappa shape index (κ3) is 1.37. The van der Waals surface area contributed by atoms with Crippen LogP contribution in [0.25, 0.3) is 0 Å². The average molecular weight is 176 g/mol. The van der Waals surface area contributed by atoms with Gasteiger partial charge in [-0.2, -0.15) is 0 Å². The molecule has 0 aliphatic heterocycles. The lowest BCUT2D eigenvalue weighted by atomic mass is 9.66. The molecular formula is C12H16O. The number of hydrogen-bond donors (Lipinski definition) is 0. The lowest BCUT2D eigenvalue weighted by Gasteiger charge is -2.37. The summed E-state index contributed by atoms with van der Waals surface area (Å²) in [6, 6.07) is 0. The first kappa shape index (κ1) is 8.74. The van der Waals surface area contributed by atoms with E-state index in [-0.39, 0.29) is 11.2 Å². The number of carbonyl (C=O) groups is 1. The standard InChI is InChI=1S/C12H16O/c1-9-7-11(13)10-5-3-4-6-12(10,2)8-9/h5,7H,3-4,6,8H2,1-2H3. The van der Waals surface area contributed by atoms with Crippen LogP contribution < -0.4 is 0 Å². The van der Waals surface area contributed by atoms with Crippen molar-refractivity contribution in [3.8, 4) is 0 Å². The molecule has 0 saturated carbocycles. The van der Waals surface area contributed by atoms with Gasteiger partial charge in [0.15, 0.2) is 5.78 Å². The summed E-state index contributed by atoms with van der Waals surface area (Å²) in [4.78, 5) is 11.7. The Bertz CT molecular complexity index is 309. The van der Waals surface area contributed by atoms with Crippen molar-refractivity contribution in [2.24, 2.45) is 5.41 Å². The molecule has 70 valence electrons. The van der Waals surface area contributed by atoms with Crippen LogP contribution in [0.2, 0.25) is 0 Å². The summed E-state index contributed by atoms with van der Waals surface area (Å²) in [5, 5.41) is 0. The highest BCUT2D eigenvalue weighted by molar-refractivity contribution is 6.06. The van der Waals surface area contributed by atoms with Crippen LogP contribution in [0.4, 0.5) is 0 Å². The molecule has 0 saturated heterocycles. The van der Waals surface area contributed by atoms with E-state index in [1.807, 2.05) is 0 Å². The van der Waals surface area contributed by atoms with Gasteiger partial charge in [0.25, 0.3) is 0 Å². The van der Waals surface area contributed by atoms with E-state index < -0.39 is 0 Å². The summed E-state index contributed by atoms with van der Waals surface area (Å²) in [5.41, 5.74) is 2.48. The number of ketones is 1. The highest BCUT2D eigenvalue weighted by Crippen LogP contribution is 2.45.